The summed E-state index contributed by atoms with van der Waals surface area (Å²) >= 11 is 1.86. The SMILES string of the molecule is c1ccc2c(c1)oc1c(-c3c4ccccc4c(-c4cccc5sc6ccccc6c45)c4ccccc34)c3occc3cc12. The zero-order valence-corrected chi connectivity index (χ0v) is 23.7. The maximum atomic E-state index is 6.67. The predicted octanol–water partition coefficient (Wildman–Crippen LogP) is 12.3. The van der Waals surface area contributed by atoms with E-state index in [1.807, 2.05) is 23.5 Å². The predicted molar refractivity (Wildman–Crippen MR) is 182 cm³/mol. The van der Waals surface area contributed by atoms with E-state index in [4.69, 9.17) is 8.83 Å². The first-order valence-electron chi connectivity index (χ1n) is 14.5. The molecule has 0 bridgehead atoms. The van der Waals surface area contributed by atoms with Crippen molar-refractivity contribution in [2.45, 2.75) is 0 Å². The molecule has 0 radical (unpaired) electrons. The monoisotopic (exact) mass is 566 g/mol. The van der Waals surface area contributed by atoms with E-state index in [1.165, 1.54) is 52.8 Å². The van der Waals surface area contributed by atoms with Gasteiger partial charge in [-0.1, -0.05) is 97.1 Å². The second kappa shape index (κ2) is 8.57. The molecule has 0 fully saturated rings. The van der Waals surface area contributed by atoms with E-state index < -0.39 is 0 Å². The summed E-state index contributed by atoms with van der Waals surface area (Å²) in [5.74, 6) is 0. The highest BCUT2D eigenvalue weighted by atomic mass is 32.1. The van der Waals surface area contributed by atoms with Crippen LogP contribution in [0.5, 0.6) is 0 Å². The summed E-state index contributed by atoms with van der Waals surface area (Å²) in [4.78, 5) is 0. The van der Waals surface area contributed by atoms with Crippen LogP contribution in [0.4, 0.5) is 0 Å². The van der Waals surface area contributed by atoms with Crippen LogP contribution in [0.25, 0.3) is 96.9 Å². The van der Waals surface area contributed by atoms with Gasteiger partial charge in [0, 0.05) is 41.9 Å². The van der Waals surface area contributed by atoms with Crippen LogP contribution in [-0.4, -0.2) is 0 Å². The first-order chi connectivity index (χ1) is 21.3. The van der Waals surface area contributed by atoms with E-state index in [9.17, 15) is 0 Å². The van der Waals surface area contributed by atoms with Gasteiger partial charge in [-0.15, -0.1) is 11.3 Å². The largest absolute Gasteiger partial charge is 0.464 e. The molecule has 0 N–H and O–H groups in total. The Morgan fingerprint density at radius 3 is 1.84 bits per heavy atom. The summed E-state index contributed by atoms with van der Waals surface area (Å²) in [7, 11) is 0. The summed E-state index contributed by atoms with van der Waals surface area (Å²) in [5, 5.41) is 10.7. The molecule has 10 rings (SSSR count). The van der Waals surface area contributed by atoms with Crippen LogP contribution < -0.4 is 0 Å². The summed E-state index contributed by atoms with van der Waals surface area (Å²) in [6.45, 7) is 0. The summed E-state index contributed by atoms with van der Waals surface area (Å²) in [5.41, 5.74) is 7.26. The summed E-state index contributed by atoms with van der Waals surface area (Å²) in [6.07, 6.45) is 1.79. The third-order valence-electron chi connectivity index (χ3n) is 8.94. The summed E-state index contributed by atoms with van der Waals surface area (Å²) in [6, 6.07) is 45.7. The van der Waals surface area contributed by atoms with Gasteiger partial charge in [-0.25, -0.2) is 0 Å². The molecule has 0 spiro atoms. The number of hydrogen-bond acceptors (Lipinski definition) is 3. The van der Waals surface area contributed by atoms with Crippen molar-refractivity contribution < 1.29 is 8.83 Å². The third kappa shape index (κ3) is 3.12. The Morgan fingerprint density at radius 1 is 0.442 bits per heavy atom. The Labute approximate surface area is 250 Å². The number of para-hydroxylation sites is 1. The molecule has 0 aliphatic heterocycles. The van der Waals surface area contributed by atoms with Crippen molar-refractivity contribution in [2.75, 3.05) is 0 Å². The average molecular weight is 567 g/mol. The average Bonchev–Trinajstić information content (AvgIpc) is 3.78. The minimum Gasteiger partial charge on any atom is -0.464 e. The number of benzene rings is 7. The smallest absolute Gasteiger partial charge is 0.147 e. The lowest BCUT2D eigenvalue weighted by molar-refractivity contribution is 0.615. The first kappa shape index (κ1) is 23.2. The van der Waals surface area contributed by atoms with E-state index in [0.717, 1.165) is 44.0 Å². The molecule has 2 nitrogen and oxygen atoms in total. The Morgan fingerprint density at radius 2 is 1.07 bits per heavy atom. The second-order valence-corrected chi connectivity index (χ2v) is 12.3. The van der Waals surface area contributed by atoms with Gasteiger partial charge in [0.1, 0.15) is 16.7 Å². The fraction of sp³-hybridized carbons (Fsp3) is 0. The first-order valence-corrected chi connectivity index (χ1v) is 15.3. The highest BCUT2D eigenvalue weighted by Gasteiger charge is 2.24. The molecule has 0 amide bonds. The van der Waals surface area contributed by atoms with Crippen LogP contribution in [0.3, 0.4) is 0 Å². The van der Waals surface area contributed by atoms with E-state index in [1.54, 1.807) is 6.26 Å². The molecule has 43 heavy (non-hydrogen) atoms. The van der Waals surface area contributed by atoms with Crippen molar-refractivity contribution in [3.63, 3.8) is 0 Å². The van der Waals surface area contributed by atoms with Gasteiger partial charge < -0.3 is 8.83 Å². The van der Waals surface area contributed by atoms with E-state index in [-0.39, 0.29) is 0 Å². The van der Waals surface area contributed by atoms with Crippen LogP contribution in [0.1, 0.15) is 0 Å². The molecule has 0 aliphatic rings. The lowest BCUT2D eigenvalue weighted by atomic mass is 9.84. The minimum absolute atomic E-state index is 0.848. The minimum atomic E-state index is 0.848. The van der Waals surface area contributed by atoms with Crippen LogP contribution in [0.2, 0.25) is 0 Å². The van der Waals surface area contributed by atoms with Gasteiger partial charge in [0.05, 0.1) is 11.8 Å². The van der Waals surface area contributed by atoms with E-state index >= 15 is 0 Å². The van der Waals surface area contributed by atoms with E-state index in [2.05, 4.69) is 115 Å². The number of hydrogen-bond donors (Lipinski definition) is 0. The molecule has 0 saturated heterocycles. The van der Waals surface area contributed by atoms with Crippen molar-refractivity contribution in [3.05, 3.63) is 134 Å². The fourth-order valence-corrected chi connectivity index (χ4v) is 8.32. The van der Waals surface area contributed by atoms with Crippen molar-refractivity contribution in [3.8, 4) is 22.3 Å². The number of thiophene rings is 1. The van der Waals surface area contributed by atoms with Crippen LogP contribution in [-0.2, 0) is 0 Å². The standard InChI is InChI=1S/C40H22O2S/c1-3-13-27-25(11-1)35(30-16-9-19-34-36(30)29-15-6-8-18-33(29)43-34)26-12-2-4-14-28(26)37(27)38-39-23(20-21-41-39)22-31-24-10-5-7-17-32(24)42-40(31)38/h1-22H. The maximum Gasteiger partial charge on any atom is 0.147 e. The van der Waals surface area contributed by atoms with Gasteiger partial charge >= 0.3 is 0 Å². The highest BCUT2D eigenvalue weighted by Crippen LogP contribution is 2.51. The molecular formula is C40H22O2S. The molecule has 7 aromatic carbocycles. The van der Waals surface area contributed by atoms with E-state index in [0.29, 0.717) is 0 Å². The molecular weight excluding hydrogens is 545 g/mol. The van der Waals surface area contributed by atoms with Crippen molar-refractivity contribution in [1.82, 2.24) is 0 Å². The number of rotatable bonds is 2. The molecule has 200 valence electrons. The lowest BCUT2D eigenvalue weighted by Crippen LogP contribution is -1.92. The number of furan rings is 2. The third-order valence-corrected chi connectivity index (χ3v) is 10.1. The quantitative estimate of drug-likeness (QED) is 0.195. The molecule has 0 aliphatic carbocycles. The fourth-order valence-electron chi connectivity index (χ4n) is 7.19. The van der Waals surface area contributed by atoms with Gasteiger partial charge in [-0.2, -0.15) is 0 Å². The molecule has 3 heterocycles. The van der Waals surface area contributed by atoms with Crippen molar-refractivity contribution in [2.24, 2.45) is 0 Å². The molecule has 3 aromatic heterocycles. The number of fused-ring (bicyclic) bond motifs is 9. The molecule has 0 saturated carbocycles. The normalized spacial score (nSPS) is 12.2. The molecule has 0 atom stereocenters. The van der Waals surface area contributed by atoms with Gasteiger partial charge in [-0.3, -0.25) is 0 Å². The van der Waals surface area contributed by atoms with Crippen LogP contribution >= 0.6 is 11.3 Å². The summed E-state index contributed by atoms with van der Waals surface area (Å²) < 4.78 is 15.5. The molecule has 10 aromatic rings. The topological polar surface area (TPSA) is 26.3 Å². The van der Waals surface area contributed by atoms with Crippen molar-refractivity contribution in [1.29, 1.82) is 0 Å². The Balaban J connectivity index is 1.43. The highest BCUT2D eigenvalue weighted by molar-refractivity contribution is 7.25. The second-order valence-electron chi connectivity index (χ2n) is 11.2. The van der Waals surface area contributed by atoms with Gasteiger partial charge in [-0.05, 0) is 63.0 Å². The van der Waals surface area contributed by atoms with Crippen LogP contribution in [0, 0.1) is 0 Å². The maximum absolute atomic E-state index is 6.67. The zero-order valence-electron chi connectivity index (χ0n) is 22.9. The van der Waals surface area contributed by atoms with Crippen molar-refractivity contribution >= 4 is 86.0 Å². The lowest BCUT2D eigenvalue weighted by Gasteiger charge is -2.18. The van der Waals surface area contributed by atoms with Gasteiger partial charge in [0.15, 0.2) is 0 Å². The van der Waals surface area contributed by atoms with Crippen LogP contribution in [0.15, 0.2) is 142 Å². The van der Waals surface area contributed by atoms with Gasteiger partial charge in [0.2, 0.25) is 0 Å². The molecule has 0 unspecified atom stereocenters. The Bertz CT molecular complexity index is 2680. The Kier molecular flexibility index (Phi) is 4.63. The molecule has 3 heteroatoms. The zero-order chi connectivity index (χ0) is 28.1. The Hall–Kier alpha value is -5.38. The van der Waals surface area contributed by atoms with Gasteiger partial charge in [0.25, 0.3) is 0 Å².